The van der Waals surface area contributed by atoms with Crippen molar-refractivity contribution >= 4 is 21.8 Å². The van der Waals surface area contributed by atoms with E-state index in [9.17, 15) is 4.79 Å². The first-order chi connectivity index (χ1) is 9.20. The Morgan fingerprint density at radius 3 is 3.00 bits per heavy atom. The number of aromatic nitrogens is 1. The van der Waals surface area contributed by atoms with Crippen LogP contribution in [0.15, 0.2) is 16.7 Å². The lowest BCUT2D eigenvalue weighted by Gasteiger charge is -2.25. The summed E-state index contributed by atoms with van der Waals surface area (Å²) in [5.41, 5.74) is 0.668. The highest BCUT2D eigenvalue weighted by Crippen LogP contribution is 2.15. The maximum atomic E-state index is 12.5. The molecule has 0 radical (unpaired) electrons. The molecule has 19 heavy (non-hydrogen) atoms. The summed E-state index contributed by atoms with van der Waals surface area (Å²) in [7, 11) is 0. The molecule has 0 spiro atoms. The van der Waals surface area contributed by atoms with Crippen molar-refractivity contribution in [1.82, 2.24) is 15.2 Å². The fraction of sp³-hybridized carbons (Fsp3) is 0.643. The van der Waals surface area contributed by atoms with Gasteiger partial charge in [0, 0.05) is 29.8 Å². The van der Waals surface area contributed by atoms with Gasteiger partial charge in [-0.1, -0.05) is 13.3 Å². The van der Waals surface area contributed by atoms with Crippen molar-refractivity contribution < 1.29 is 4.79 Å². The van der Waals surface area contributed by atoms with E-state index in [4.69, 9.17) is 0 Å². The summed E-state index contributed by atoms with van der Waals surface area (Å²) in [4.78, 5) is 17.5. The van der Waals surface area contributed by atoms with E-state index in [2.05, 4.69) is 33.2 Å². The van der Waals surface area contributed by atoms with Gasteiger partial charge in [0.15, 0.2) is 0 Å². The number of carbonyl (C=O) groups is 1. The van der Waals surface area contributed by atoms with Crippen LogP contribution in [-0.4, -0.2) is 41.5 Å². The lowest BCUT2D eigenvalue weighted by Crippen LogP contribution is -2.41. The molecule has 2 N–H and O–H groups in total. The highest BCUT2D eigenvalue weighted by Gasteiger charge is 2.22. The monoisotopic (exact) mass is 327 g/mol. The third-order valence-electron chi connectivity index (χ3n) is 3.55. The van der Waals surface area contributed by atoms with Crippen LogP contribution in [0, 0.1) is 0 Å². The van der Waals surface area contributed by atoms with Gasteiger partial charge in [0.25, 0.3) is 5.91 Å². The van der Waals surface area contributed by atoms with E-state index < -0.39 is 0 Å². The van der Waals surface area contributed by atoms with E-state index >= 15 is 0 Å². The molecule has 2 rings (SSSR count). The number of hydrogen-bond acceptors (Lipinski definition) is 2. The smallest absolute Gasteiger partial charge is 0.270 e. The van der Waals surface area contributed by atoms with Crippen LogP contribution in [0.1, 0.15) is 43.1 Å². The predicted molar refractivity (Wildman–Crippen MR) is 80.3 cm³/mol. The number of amides is 1. The van der Waals surface area contributed by atoms with Crippen LogP contribution in [0.25, 0.3) is 0 Å². The molecule has 1 aromatic rings. The van der Waals surface area contributed by atoms with E-state index in [1.165, 1.54) is 12.8 Å². The van der Waals surface area contributed by atoms with Gasteiger partial charge in [-0.2, -0.15) is 0 Å². The number of carbonyl (C=O) groups excluding carboxylic acids is 1. The molecule has 0 saturated carbocycles. The first-order valence-corrected chi connectivity index (χ1v) is 7.86. The van der Waals surface area contributed by atoms with Crippen molar-refractivity contribution in [2.24, 2.45) is 0 Å². The Balaban J connectivity index is 2.00. The maximum Gasteiger partial charge on any atom is 0.270 e. The van der Waals surface area contributed by atoms with Crippen LogP contribution < -0.4 is 5.32 Å². The van der Waals surface area contributed by atoms with Gasteiger partial charge in [-0.25, -0.2) is 0 Å². The van der Waals surface area contributed by atoms with Gasteiger partial charge in [-0.3, -0.25) is 4.79 Å². The molecular formula is C14H22BrN3O. The Labute approximate surface area is 123 Å². The van der Waals surface area contributed by atoms with Crippen molar-refractivity contribution in [2.45, 2.75) is 38.6 Å². The second kappa shape index (κ2) is 7.10. The van der Waals surface area contributed by atoms with Crippen LogP contribution in [0.2, 0.25) is 0 Å². The highest BCUT2D eigenvalue weighted by molar-refractivity contribution is 9.10. The van der Waals surface area contributed by atoms with Gasteiger partial charge in [-0.15, -0.1) is 0 Å². The van der Waals surface area contributed by atoms with Gasteiger partial charge in [-0.05, 0) is 47.8 Å². The second-order valence-electron chi connectivity index (χ2n) is 5.13. The Kier molecular flexibility index (Phi) is 5.45. The molecule has 1 aliphatic rings. The maximum absolute atomic E-state index is 12.5. The number of aromatic amines is 1. The number of nitrogens with one attached hydrogen (secondary N) is 2. The zero-order chi connectivity index (χ0) is 13.7. The topological polar surface area (TPSA) is 48.1 Å². The number of halogens is 1. The minimum absolute atomic E-state index is 0.104. The molecule has 1 atom stereocenters. The lowest BCUT2D eigenvalue weighted by atomic mass is 10.2. The molecule has 1 unspecified atom stereocenters. The number of hydrogen-bond donors (Lipinski definition) is 2. The Hall–Kier alpha value is -0.810. The van der Waals surface area contributed by atoms with Gasteiger partial charge in [0.1, 0.15) is 5.69 Å². The van der Waals surface area contributed by atoms with E-state index in [1.807, 2.05) is 11.0 Å². The van der Waals surface area contributed by atoms with Crippen molar-refractivity contribution in [3.8, 4) is 0 Å². The van der Waals surface area contributed by atoms with Crippen LogP contribution in [0.5, 0.6) is 0 Å². The lowest BCUT2D eigenvalue weighted by molar-refractivity contribution is 0.0734. The normalized spacial score (nSPS) is 18.7. The van der Waals surface area contributed by atoms with Crippen LogP contribution in [-0.2, 0) is 0 Å². The summed E-state index contributed by atoms with van der Waals surface area (Å²) in [6.45, 7) is 4.88. The SMILES string of the molecule is CCCCN(CC1CCCN1)C(=O)c1cc(Br)c[nH]1. The average Bonchev–Trinajstić information content (AvgIpc) is 3.05. The Morgan fingerprint density at radius 1 is 1.58 bits per heavy atom. The molecule has 1 fully saturated rings. The van der Waals surface area contributed by atoms with Crippen molar-refractivity contribution in [2.75, 3.05) is 19.6 Å². The van der Waals surface area contributed by atoms with Gasteiger partial charge in [0.2, 0.25) is 0 Å². The van der Waals surface area contributed by atoms with E-state index in [0.29, 0.717) is 11.7 Å². The van der Waals surface area contributed by atoms with Crippen molar-refractivity contribution in [3.05, 3.63) is 22.4 Å². The summed E-state index contributed by atoms with van der Waals surface area (Å²) in [6, 6.07) is 2.31. The molecular weight excluding hydrogens is 306 g/mol. The highest BCUT2D eigenvalue weighted by atomic mass is 79.9. The predicted octanol–water partition coefficient (Wildman–Crippen LogP) is 2.77. The molecule has 0 aromatic carbocycles. The molecule has 1 saturated heterocycles. The average molecular weight is 328 g/mol. The summed E-state index contributed by atoms with van der Waals surface area (Å²) >= 11 is 3.38. The summed E-state index contributed by atoms with van der Waals surface area (Å²) in [6.07, 6.45) is 6.36. The molecule has 4 nitrogen and oxygen atoms in total. The molecule has 1 amide bonds. The number of H-pyrrole nitrogens is 1. The minimum Gasteiger partial charge on any atom is -0.356 e. The third-order valence-corrected chi connectivity index (χ3v) is 4.01. The zero-order valence-electron chi connectivity index (χ0n) is 11.4. The first kappa shape index (κ1) is 14.6. The summed E-state index contributed by atoms with van der Waals surface area (Å²) in [5, 5.41) is 3.46. The molecule has 0 bridgehead atoms. The summed E-state index contributed by atoms with van der Waals surface area (Å²) in [5.74, 6) is 0.104. The van der Waals surface area contributed by atoms with Gasteiger partial charge < -0.3 is 15.2 Å². The fourth-order valence-corrected chi connectivity index (χ4v) is 2.81. The molecule has 0 aliphatic carbocycles. The van der Waals surface area contributed by atoms with Crippen molar-refractivity contribution in [3.63, 3.8) is 0 Å². The van der Waals surface area contributed by atoms with Gasteiger partial charge in [0.05, 0.1) is 0 Å². The zero-order valence-corrected chi connectivity index (χ0v) is 13.0. The van der Waals surface area contributed by atoms with Crippen LogP contribution in [0.4, 0.5) is 0 Å². The molecule has 2 heterocycles. The number of nitrogens with zero attached hydrogens (tertiary/aromatic N) is 1. The molecule has 1 aromatic heterocycles. The molecule has 1 aliphatic heterocycles. The van der Waals surface area contributed by atoms with Gasteiger partial charge >= 0.3 is 0 Å². The van der Waals surface area contributed by atoms with Crippen molar-refractivity contribution in [1.29, 1.82) is 0 Å². The summed E-state index contributed by atoms with van der Waals surface area (Å²) < 4.78 is 0.922. The fourth-order valence-electron chi connectivity index (χ4n) is 2.47. The minimum atomic E-state index is 0.104. The van der Waals surface area contributed by atoms with E-state index in [-0.39, 0.29) is 5.91 Å². The molecule has 106 valence electrons. The second-order valence-corrected chi connectivity index (χ2v) is 6.05. The number of unbranched alkanes of at least 4 members (excludes halogenated alkanes) is 1. The standard InChI is InChI=1S/C14H22BrN3O/c1-2-3-7-18(10-12-5-4-6-16-12)14(19)13-8-11(15)9-17-13/h8-9,12,16-17H,2-7,10H2,1H3. The van der Waals surface area contributed by atoms with E-state index in [0.717, 1.165) is 36.9 Å². The Bertz CT molecular complexity index is 413. The number of rotatable bonds is 6. The van der Waals surface area contributed by atoms with E-state index in [1.54, 1.807) is 6.20 Å². The molecule has 5 heteroatoms. The van der Waals surface area contributed by atoms with Crippen LogP contribution >= 0.6 is 15.9 Å². The quantitative estimate of drug-likeness (QED) is 0.844. The Morgan fingerprint density at radius 2 is 2.42 bits per heavy atom. The largest absolute Gasteiger partial charge is 0.356 e. The third kappa shape index (κ3) is 4.08. The van der Waals surface area contributed by atoms with Crippen LogP contribution in [0.3, 0.4) is 0 Å². The first-order valence-electron chi connectivity index (χ1n) is 7.07.